The summed E-state index contributed by atoms with van der Waals surface area (Å²) in [6.07, 6.45) is 8.82. The molecule has 1 N–H and O–H groups in total. The Morgan fingerprint density at radius 2 is 1.93 bits per heavy atom. The topological polar surface area (TPSA) is 62.3 Å². The van der Waals surface area contributed by atoms with E-state index in [9.17, 15) is 9.59 Å². The summed E-state index contributed by atoms with van der Waals surface area (Å²) in [7, 11) is 0. The molecule has 2 amide bonds. The van der Waals surface area contributed by atoms with Gasteiger partial charge in [0.2, 0.25) is 11.8 Å². The van der Waals surface area contributed by atoms with E-state index in [0.717, 1.165) is 18.4 Å². The average Bonchev–Trinajstić information content (AvgIpc) is 3.20. The van der Waals surface area contributed by atoms with Crippen LogP contribution in [0.15, 0.2) is 41.9 Å². The lowest BCUT2D eigenvalue weighted by Crippen LogP contribution is -2.41. The minimum Gasteiger partial charge on any atom is -0.333 e. The van der Waals surface area contributed by atoms with Crippen LogP contribution in [0.3, 0.4) is 0 Å². The van der Waals surface area contributed by atoms with Crippen LogP contribution in [0.4, 0.5) is 5.13 Å². The number of anilines is 1. The van der Waals surface area contributed by atoms with E-state index in [1.54, 1.807) is 11.1 Å². The van der Waals surface area contributed by atoms with Gasteiger partial charge in [-0.3, -0.25) is 9.59 Å². The van der Waals surface area contributed by atoms with Crippen LogP contribution < -0.4 is 5.32 Å². The van der Waals surface area contributed by atoms with Gasteiger partial charge in [-0.1, -0.05) is 49.6 Å². The number of hydrogen-bond acceptors (Lipinski definition) is 4. The molecule has 1 heterocycles. The van der Waals surface area contributed by atoms with Crippen molar-refractivity contribution in [3.8, 4) is 0 Å². The Labute approximate surface area is 164 Å². The molecule has 1 saturated carbocycles. The van der Waals surface area contributed by atoms with Crippen LogP contribution >= 0.6 is 11.3 Å². The Bertz CT molecular complexity index is 712. The molecule has 1 aromatic carbocycles. The highest BCUT2D eigenvalue weighted by atomic mass is 32.1. The van der Waals surface area contributed by atoms with E-state index in [4.69, 9.17) is 0 Å². The molecule has 0 bridgehead atoms. The number of amides is 2. The summed E-state index contributed by atoms with van der Waals surface area (Å²) in [6, 6.07) is 10.0. The van der Waals surface area contributed by atoms with Gasteiger partial charge in [-0.25, -0.2) is 4.98 Å². The van der Waals surface area contributed by atoms with E-state index in [1.165, 1.54) is 30.6 Å². The second-order valence-corrected chi connectivity index (χ2v) is 8.04. The Kier molecular flexibility index (Phi) is 7.39. The second-order valence-electron chi connectivity index (χ2n) is 7.15. The Morgan fingerprint density at radius 3 is 2.63 bits per heavy atom. The van der Waals surface area contributed by atoms with Crippen molar-refractivity contribution in [3.63, 3.8) is 0 Å². The zero-order valence-electron chi connectivity index (χ0n) is 15.6. The van der Waals surface area contributed by atoms with Crippen LogP contribution in [0.2, 0.25) is 0 Å². The molecule has 5 nitrogen and oxygen atoms in total. The van der Waals surface area contributed by atoms with Crippen LogP contribution in [-0.2, 0) is 16.0 Å². The number of nitrogens with zero attached hydrogens (tertiary/aromatic N) is 2. The highest BCUT2D eigenvalue weighted by Crippen LogP contribution is 2.25. The molecule has 1 aromatic heterocycles. The number of aromatic nitrogens is 1. The SMILES string of the molecule is O=C(CN(CC1CCCCC1)C(=O)CCc1ccccc1)Nc1nccs1. The van der Waals surface area contributed by atoms with Gasteiger partial charge in [-0.2, -0.15) is 0 Å². The average molecular weight is 386 g/mol. The van der Waals surface area contributed by atoms with Gasteiger partial charge in [0, 0.05) is 24.5 Å². The molecule has 0 spiro atoms. The van der Waals surface area contributed by atoms with E-state index in [1.807, 2.05) is 35.7 Å². The van der Waals surface area contributed by atoms with Crippen molar-refractivity contribution in [1.29, 1.82) is 0 Å². The van der Waals surface area contributed by atoms with Crippen LogP contribution in [0.1, 0.15) is 44.1 Å². The van der Waals surface area contributed by atoms with Crippen molar-refractivity contribution in [2.24, 2.45) is 5.92 Å². The molecule has 1 aliphatic rings. The summed E-state index contributed by atoms with van der Waals surface area (Å²) in [4.78, 5) is 31.1. The van der Waals surface area contributed by atoms with E-state index >= 15 is 0 Å². The predicted octanol–water partition coefficient (Wildman–Crippen LogP) is 4.12. The number of carbonyl (C=O) groups excluding carboxylic acids is 2. The van der Waals surface area contributed by atoms with Gasteiger partial charge in [0.05, 0.1) is 6.54 Å². The highest BCUT2D eigenvalue weighted by Gasteiger charge is 2.23. The minimum atomic E-state index is -0.172. The van der Waals surface area contributed by atoms with Crippen molar-refractivity contribution in [1.82, 2.24) is 9.88 Å². The first-order valence-corrected chi connectivity index (χ1v) is 10.6. The quantitative estimate of drug-likeness (QED) is 0.743. The fourth-order valence-corrected chi connectivity index (χ4v) is 4.15. The molecule has 2 aromatic rings. The molecule has 1 aliphatic carbocycles. The van der Waals surface area contributed by atoms with Gasteiger partial charge in [0.25, 0.3) is 0 Å². The van der Waals surface area contributed by atoms with E-state index < -0.39 is 0 Å². The van der Waals surface area contributed by atoms with E-state index in [0.29, 0.717) is 30.4 Å². The smallest absolute Gasteiger partial charge is 0.245 e. The molecule has 3 rings (SSSR count). The Hall–Kier alpha value is -2.21. The first-order chi connectivity index (χ1) is 13.2. The van der Waals surface area contributed by atoms with Gasteiger partial charge >= 0.3 is 0 Å². The van der Waals surface area contributed by atoms with Crippen LogP contribution in [0.25, 0.3) is 0 Å². The van der Waals surface area contributed by atoms with Crippen LogP contribution in [0.5, 0.6) is 0 Å². The Balaban J connectivity index is 1.58. The van der Waals surface area contributed by atoms with Crippen molar-refractivity contribution in [2.75, 3.05) is 18.4 Å². The lowest BCUT2D eigenvalue weighted by atomic mass is 9.89. The van der Waals surface area contributed by atoms with Crippen molar-refractivity contribution in [3.05, 3.63) is 47.5 Å². The summed E-state index contributed by atoms with van der Waals surface area (Å²) in [5.41, 5.74) is 1.15. The van der Waals surface area contributed by atoms with Gasteiger partial charge in [0.15, 0.2) is 5.13 Å². The maximum atomic E-state index is 12.9. The fraction of sp³-hybridized carbons (Fsp3) is 0.476. The largest absolute Gasteiger partial charge is 0.333 e. The second kappa shape index (κ2) is 10.2. The predicted molar refractivity (Wildman–Crippen MR) is 109 cm³/mol. The van der Waals surface area contributed by atoms with Crippen LogP contribution in [0, 0.1) is 5.92 Å². The van der Waals surface area contributed by atoms with Gasteiger partial charge < -0.3 is 10.2 Å². The first-order valence-electron chi connectivity index (χ1n) is 9.72. The number of rotatable bonds is 8. The highest BCUT2D eigenvalue weighted by molar-refractivity contribution is 7.13. The first kappa shape index (κ1) is 19.5. The third-order valence-corrected chi connectivity index (χ3v) is 5.73. The van der Waals surface area contributed by atoms with Crippen molar-refractivity contribution < 1.29 is 9.59 Å². The number of carbonyl (C=O) groups is 2. The summed E-state index contributed by atoms with van der Waals surface area (Å²) in [6.45, 7) is 0.780. The monoisotopic (exact) mass is 385 g/mol. The lowest BCUT2D eigenvalue weighted by Gasteiger charge is -2.29. The molecule has 27 heavy (non-hydrogen) atoms. The molecule has 0 unspecified atom stereocenters. The van der Waals surface area contributed by atoms with Gasteiger partial charge in [-0.05, 0) is 30.7 Å². The number of thiazole rings is 1. The fourth-order valence-electron chi connectivity index (χ4n) is 3.61. The van der Waals surface area contributed by atoms with E-state index in [-0.39, 0.29) is 18.4 Å². The number of nitrogens with one attached hydrogen (secondary N) is 1. The summed E-state index contributed by atoms with van der Waals surface area (Å²) in [5, 5.41) is 5.19. The molecule has 0 aliphatic heterocycles. The summed E-state index contributed by atoms with van der Waals surface area (Å²) >= 11 is 1.38. The number of benzene rings is 1. The van der Waals surface area contributed by atoms with Gasteiger partial charge in [0.1, 0.15) is 0 Å². The van der Waals surface area contributed by atoms with Crippen LogP contribution in [-0.4, -0.2) is 34.8 Å². The molecule has 0 radical (unpaired) electrons. The lowest BCUT2D eigenvalue weighted by molar-refractivity contribution is -0.135. The zero-order chi connectivity index (χ0) is 18.9. The summed E-state index contributed by atoms with van der Waals surface area (Å²) in [5.74, 6) is 0.389. The molecular formula is C21H27N3O2S. The van der Waals surface area contributed by atoms with E-state index in [2.05, 4.69) is 10.3 Å². The third-order valence-electron chi connectivity index (χ3n) is 5.04. The maximum Gasteiger partial charge on any atom is 0.245 e. The third kappa shape index (κ3) is 6.47. The summed E-state index contributed by atoms with van der Waals surface area (Å²) < 4.78 is 0. The van der Waals surface area contributed by atoms with Crippen molar-refractivity contribution >= 4 is 28.3 Å². The molecular weight excluding hydrogens is 358 g/mol. The Morgan fingerprint density at radius 1 is 1.15 bits per heavy atom. The molecule has 6 heteroatoms. The molecule has 144 valence electrons. The van der Waals surface area contributed by atoms with Crippen molar-refractivity contribution in [2.45, 2.75) is 44.9 Å². The number of aryl methyl sites for hydroxylation is 1. The number of hydrogen-bond donors (Lipinski definition) is 1. The molecule has 0 saturated heterocycles. The van der Waals surface area contributed by atoms with Gasteiger partial charge in [-0.15, -0.1) is 11.3 Å². The maximum absolute atomic E-state index is 12.9. The normalized spacial score (nSPS) is 14.7. The standard InChI is InChI=1S/C21H27N3O2S/c25-19(23-21-22-13-14-27-21)16-24(15-18-9-5-2-6-10-18)20(26)12-11-17-7-3-1-4-8-17/h1,3-4,7-8,13-14,18H,2,5-6,9-12,15-16H2,(H,22,23,25). The minimum absolute atomic E-state index is 0.0544. The zero-order valence-corrected chi connectivity index (χ0v) is 16.4. The molecule has 1 fully saturated rings. The molecule has 0 atom stereocenters.